The second-order valence-corrected chi connectivity index (χ2v) is 9.10. The Bertz CT molecular complexity index is 1020. The number of sulfone groups is 1. The van der Waals surface area contributed by atoms with Crippen molar-refractivity contribution in [2.45, 2.75) is 15.4 Å². The molecule has 3 rings (SSSR count). The Morgan fingerprint density at radius 1 is 1.04 bits per heavy atom. The molecule has 0 radical (unpaired) electrons. The number of benzene rings is 2. The molecular formula is C18H12FNO4S2. The van der Waals surface area contributed by atoms with Crippen LogP contribution in [0, 0.1) is 17.7 Å². The lowest BCUT2D eigenvalue weighted by atomic mass is 10.2. The van der Waals surface area contributed by atoms with Gasteiger partial charge in [-0.2, -0.15) is 0 Å². The smallest absolute Gasteiger partial charge is 0.285 e. The van der Waals surface area contributed by atoms with Crippen molar-refractivity contribution in [2.24, 2.45) is 0 Å². The van der Waals surface area contributed by atoms with E-state index >= 15 is 0 Å². The summed E-state index contributed by atoms with van der Waals surface area (Å²) in [5, 5.41) is 1.25. The molecule has 26 heavy (non-hydrogen) atoms. The van der Waals surface area contributed by atoms with E-state index in [1.54, 1.807) is 24.3 Å². The maximum Gasteiger partial charge on any atom is 0.287 e. The van der Waals surface area contributed by atoms with Gasteiger partial charge in [0.05, 0.1) is 4.90 Å². The van der Waals surface area contributed by atoms with Gasteiger partial charge in [-0.1, -0.05) is 30.0 Å². The van der Waals surface area contributed by atoms with Crippen molar-refractivity contribution < 1.29 is 22.4 Å². The van der Waals surface area contributed by atoms with Crippen molar-refractivity contribution in [3.05, 3.63) is 66.0 Å². The van der Waals surface area contributed by atoms with Gasteiger partial charge >= 0.3 is 0 Å². The van der Waals surface area contributed by atoms with Gasteiger partial charge in [-0.15, -0.1) is 0 Å². The first kappa shape index (κ1) is 18.2. The Balaban J connectivity index is 2.03. The van der Waals surface area contributed by atoms with Crippen LogP contribution in [-0.2, 0) is 14.6 Å². The zero-order chi connectivity index (χ0) is 18.8. The van der Waals surface area contributed by atoms with Gasteiger partial charge < -0.3 is 0 Å². The van der Waals surface area contributed by atoms with Crippen molar-refractivity contribution in [1.29, 1.82) is 0 Å². The summed E-state index contributed by atoms with van der Waals surface area (Å²) < 4.78 is 37.1. The maximum atomic E-state index is 13.1. The molecule has 0 saturated carbocycles. The molecule has 1 aliphatic heterocycles. The van der Waals surface area contributed by atoms with Crippen LogP contribution in [0.25, 0.3) is 0 Å². The van der Waals surface area contributed by atoms with Gasteiger partial charge in [-0.25, -0.2) is 12.8 Å². The standard InChI is InChI=1S/C18H12FNO4S2/c19-14-8-10-15(11-9-14)26(23,24)18(16(21)20-17(22)25-18)12-4-7-13-5-2-1-3-6-13/h1-3,5-6,8-11H,12H2,(H,20,21,22). The van der Waals surface area contributed by atoms with Gasteiger partial charge in [0.2, 0.25) is 13.9 Å². The molecule has 2 aromatic carbocycles. The molecule has 0 bridgehead atoms. The lowest BCUT2D eigenvalue weighted by Gasteiger charge is -2.22. The van der Waals surface area contributed by atoms with Crippen molar-refractivity contribution in [3.8, 4) is 11.8 Å². The predicted octanol–water partition coefficient (Wildman–Crippen LogP) is 2.72. The fourth-order valence-electron chi connectivity index (χ4n) is 2.39. The molecule has 2 amide bonds. The Morgan fingerprint density at radius 2 is 1.69 bits per heavy atom. The summed E-state index contributed by atoms with van der Waals surface area (Å²) in [6, 6.07) is 12.9. The zero-order valence-corrected chi connectivity index (χ0v) is 14.9. The minimum Gasteiger partial charge on any atom is -0.285 e. The van der Waals surface area contributed by atoms with Crippen LogP contribution in [0.2, 0.25) is 0 Å². The number of halogens is 1. The number of imide groups is 1. The SMILES string of the molecule is O=C1NC(=O)C(CC#Cc2ccccc2)(S(=O)(=O)c2ccc(F)cc2)S1. The van der Waals surface area contributed by atoms with Gasteiger partial charge in [0.25, 0.3) is 11.1 Å². The summed E-state index contributed by atoms with van der Waals surface area (Å²) in [5.41, 5.74) is 0.650. The van der Waals surface area contributed by atoms with Crippen LogP contribution in [0.5, 0.6) is 0 Å². The zero-order valence-electron chi connectivity index (χ0n) is 13.2. The first-order valence-corrected chi connectivity index (χ1v) is 9.74. The van der Waals surface area contributed by atoms with Crippen LogP contribution in [-0.4, -0.2) is 23.6 Å². The van der Waals surface area contributed by atoms with E-state index in [1.165, 1.54) is 0 Å². The quantitative estimate of drug-likeness (QED) is 0.645. The lowest BCUT2D eigenvalue weighted by molar-refractivity contribution is -0.119. The third kappa shape index (κ3) is 3.23. The monoisotopic (exact) mass is 389 g/mol. The number of hydrogen-bond donors (Lipinski definition) is 1. The summed E-state index contributed by atoms with van der Waals surface area (Å²) in [7, 11) is -4.29. The van der Waals surface area contributed by atoms with Crippen molar-refractivity contribution in [3.63, 3.8) is 0 Å². The van der Waals surface area contributed by atoms with E-state index in [0.29, 0.717) is 17.3 Å². The highest BCUT2D eigenvalue weighted by Gasteiger charge is 2.58. The molecule has 1 N–H and O–H groups in total. The molecule has 132 valence electrons. The van der Waals surface area contributed by atoms with Crippen molar-refractivity contribution in [1.82, 2.24) is 5.32 Å². The van der Waals surface area contributed by atoms with Crippen LogP contribution in [0.3, 0.4) is 0 Å². The van der Waals surface area contributed by atoms with Gasteiger partial charge in [-0.05, 0) is 48.2 Å². The summed E-state index contributed by atoms with van der Waals surface area (Å²) in [5.74, 6) is 3.92. The first-order chi connectivity index (χ1) is 12.3. The summed E-state index contributed by atoms with van der Waals surface area (Å²) in [6.45, 7) is 0. The van der Waals surface area contributed by atoms with Crippen LogP contribution in [0.4, 0.5) is 9.18 Å². The number of nitrogens with one attached hydrogen (secondary N) is 1. The van der Waals surface area contributed by atoms with Crippen LogP contribution in [0.15, 0.2) is 59.5 Å². The van der Waals surface area contributed by atoms with Crippen LogP contribution >= 0.6 is 11.8 Å². The van der Waals surface area contributed by atoms with E-state index in [4.69, 9.17) is 0 Å². The van der Waals surface area contributed by atoms with Crippen LogP contribution in [0.1, 0.15) is 12.0 Å². The highest BCUT2D eigenvalue weighted by Crippen LogP contribution is 2.43. The molecule has 1 fully saturated rings. The summed E-state index contributed by atoms with van der Waals surface area (Å²) in [4.78, 5) is 23.8. The second-order valence-electron chi connectivity index (χ2n) is 5.40. The van der Waals surface area contributed by atoms with E-state index < -0.39 is 30.9 Å². The Morgan fingerprint density at radius 3 is 2.27 bits per heavy atom. The normalized spacial score (nSPS) is 19.6. The fourth-order valence-corrected chi connectivity index (χ4v) is 5.50. The second kappa shape index (κ2) is 6.94. The molecule has 1 atom stereocenters. The molecule has 8 heteroatoms. The average Bonchev–Trinajstić information content (AvgIpc) is 2.91. The van der Waals surface area contributed by atoms with Gasteiger partial charge in [0.1, 0.15) is 5.82 Å². The number of carbonyl (C=O) groups excluding carboxylic acids is 2. The Hall–Kier alpha value is -2.63. The van der Waals surface area contributed by atoms with Gasteiger partial charge in [-0.3, -0.25) is 14.9 Å². The van der Waals surface area contributed by atoms with Crippen molar-refractivity contribution in [2.75, 3.05) is 0 Å². The molecular weight excluding hydrogens is 377 g/mol. The average molecular weight is 389 g/mol. The molecule has 0 aliphatic carbocycles. The van der Waals surface area contributed by atoms with E-state index in [1.807, 2.05) is 11.4 Å². The highest BCUT2D eigenvalue weighted by atomic mass is 32.3. The fraction of sp³-hybridized carbons (Fsp3) is 0.111. The Kier molecular flexibility index (Phi) is 4.85. The molecule has 1 heterocycles. The lowest BCUT2D eigenvalue weighted by Crippen LogP contribution is -2.43. The van der Waals surface area contributed by atoms with E-state index in [2.05, 4.69) is 11.8 Å². The maximum absolute atomic E-state index is 13.1. The number of hydrogen-bond acceptors (Lipinski definition) is 5. The van der Waals surface area contributed by atoms with Gasteiger partial charge in [0, 0.05) is 12.0 Å². The van der Waals surface area contributed by atoms with E-state index in [9.17, 15) is 22.4 Å². The third-order valence-electron chi connectivity index (χ3n) is 3.70. The molecule has 2 aromatic rings. The minimum atomic E-state index is -4.29. The highest BCUT2D eigenvalue weighted by molar-refractivity contribution is 8.25. The molecule has 0 spiro atoms. The molecule has 5 nitrogen and oxygen atoms in total. The summed E-state index contributed by atoms with van der Waals surface area (Å²) >= 11 is 0.378. The number of amides is 2. The molecule has 0 aromatic heterocycles. The number of thioether (sulfide) groups is 1. The van der Waals surface area contributed by atoms with Crippen molar-refractivity contribution >= 4 is 32.7 Å². The van der Waals surface area contributed by atoms with E-state index in [-0.39, 0.29) is 11.3 Å². The van der Waals surface area contributed by atoms with Crippen LogP contribution < -0.4 is 5.32 Å². The summed E-state index contributed by atoms with van der Waals surface area (Å²) in [6.07, 6.45) is -0.385. The number of carbonyl (C=O) groups is 2. The molecule has 1 saturated heterocycles. The first-order valence-electron chi connectivity index (χ1n) is 7.44. The van der Waals surface area contributed by atoms with E-state index in [0.717, 1.165) is 24.3 Å². The number of rotatable bonds is 3. The largest absolute Gasteiger partial charge is 0.287 e. The third-order valence-corrected chi connectivity index (χ3v) is 7.65. The Labute approximate surface area is 153 Å². The molecule has 1 aliphatic rings. The van der Waals surface area contributed by atoms with Gasteiger partial charge in [0.15, 0.2) is 0 Å². The predicted molar refractivity (Wildman–Crippen MR) is 95.4 cm³/mol. The topological polar surface area (TPSA) is 80.3 Å². The molecule has 1 unspecified atom stereocenters. The minimum absolute atomic E-state index is 0.252.